The molecule has 690 valence electrons. The van der Waals surface area contributed by atoms with Crippen LogP contribution in [-0.4, -0.2) is 159 Å². The molecular formula is C115H104N12O11. The number of hydrogen-bond acceptors (Lipinski definition) is 16. The van der Waals surface area contributed by atoms with Gasteiger partial charge in [0.05, 0.1) is 99.7 Å². The molecule has 17 aromatic rings. The molecule has 5 saturated heterocycles. The Morgan fingerprint density at radius 2 is 0.630 bits per heavy atom. The van der Waals surface area contributed by atoms with Crippen molar-refractivity contribution in [3.8, 4) is 137 Å². The molecule has 2 amide bonds. The van der Waals surface area contributed by atoms with Gasteiger partial charge in [-0.05, 0) is 206 Å². The van der Waals surface area contributed by atoms with Gasteiger partial charge in [-0.15, -0.1) is 0 Å². The summed E-state index contributed by atoms with van der Waals surface area (Å²) in [5, 5.41) is 50.1. The Morgan fingerprint density at radius 1 is 0.312 bits per heavy atom. The lowest BCUT2D eigenvalue weighted by molar-refractivity contribution is 0.0252. The molecule has 0 unspecified atom stereocenters. The summed E-state index contributed by atoms with van der Waals surface area (Å²) in [6.45, 7) is 10.1. The van der Waals surface area contributed by atoms with E-state index in [2.05, 4.69) is 180 Å². The lowest BCUT2D eigenvalue weighted by Crippen LogP contribution is -2.35. The molecule has 0 bridgehead atoms. The van der Waals surface area contributed by atoms with E-state index in [-0.39, 0.29) is 36.2 Å². The van der Waals surface area contributed by atoms with Gasteiger partial charge in [-0.1, -0.05) is 133 Å². The number of benzene rings is 12. The van der Waals surface area contributed by atoms with Gasteiger partial charge < -0.3 is 78.2 Å². The summed E-state index contributed by atoms with van der Waals surface area (Å²) < 4.78 is 51.7. The first-order chi connectivity index (χ1) is 67.9. The van der Waals surface area contributed by atoms with Crippen molar-refractivity contribution in [1.29, 1.82) is 21.0 Å². The van der Waals surface area contributed by atoms with Crippen molar-refractivity contribution in [3.05, 3.63) is 312 Å². The fraction of sp³-hybridized carbons (Fsp3) is 0.235. The lowest BCUT2D eigenvalue weighted by atomic mass is 9.99. The van der Waals surface area contributed by atoms with Crippen LogP contribution in [0, 0.1) is 45.3 Å². The van der Waals surface area contributed by atoms with Crippen LogP contribution < -0.4 is 29.6 Å². The quantitative estimate of drug-likeness (QED) is 0.0373. The minimum atomic E-state index is -0.120. The van der Waals surface area contributed by atoms with E-state index < -0.39 is 0 Å². The van der Waals surface area contributed by atoms with E-state index >= 15 is 0 Å². The van der Waals surface area contributed by atoms with Gasteiger partial charge in [-0.2, -0.15) is 21.0 Å². The van der Waals surface area contributed by atoms with Gasteiger partial charge in [-0.3, -0.25) is 14.5 Å². The van der Waals surface area contributed by atoms with Crippen molar-refractivity contribution >= 4 is 66.3 Å². The highest BCUT2D eigenvalue weighted by Crippen LogP contribution is 2.42. The first kappa shape index (κ1) is 91.3. The van der Waals surface area contributed by atoms with Gasteiger partial charge >= 0.3 is 0 Å². The SMILES string of the molecule is CNC(=O)c1ccc(-c2cc3c(-c4ccc(OC5CCOCC5)c(C#N)c4)cccc3[nH]2)cc1.CNC(=O)c1cccc(-c2cc3c(-c4ccc(OC5CCOCC5)c(C#N)c4)cccc3[nH]2)c1.N#Cc1cc(-c2cccc3[nH]c(-c4cc5ccccc5[nH]4)cc23)ccc1OC1CCOCC1.N#Cc1cc(-c2cccc3[nH]c(-c4cccc(CN5CCOCC5)c4)cc23)ccc1OC1CCOCC1. The van der Waals surface area contributed by atoms with E-state index in [9.17, 15) is 30.6 Å². The number of aromatic amines is 5. The van der Waals surface area contributed by atoms with Crippen molar-refractivity contribution in [2.45, 2.75) is 82.3 Å². The van der Waals surface area contributed by atoms with Crippen molar-refractivity contribution < 1.29 is 52.2 Å². The molecule has 5 fully saturated rings. The topological polar surface area (TPSA) is 319 Å². The second kappa shape index (κ2) is 42.8. The molecule has 22 rings (SSSR count). The average Bonchev–Trinajstić information content (AvgIpc) is 1.64. The van der Waals surface area contributed by atoms with E-state index in [0.29, 0.717) is 109 Å². The number of para-hydroxylation sites is 1. The number of nitriles is 4. The van der Waals surface area contributed by atoms with Gasteiger partial charge in [0.2, 0.25) is 0 Å². The summed E-state index contributed by atoms with van der Waals surface area (Å²) in [6, 6.07) is 100. The molecule has 138 heavy (non-hydrogen) atoms. The summed E-state index contributed by atoms with van der Waals surface area (Å²) in [4.78, 5) is 43.9. The molecule has 0 saturated carbocycles. The van der Waals surface area contributed by atoms with Gasteiger partial charge in [0.1, 0.15) is 71.7 Å². The number of carbonyl (C=O) groups is 2. The van der Waals surface area contributed by atoms with Crippen LogP contribution in [0.25, 0.3) is 144 Å². The fourth-order valence-electron chi connectivity index (χ4n) is 18.7. The number of carbonyl (C=O) groups excluding carboxylic acids is 2. The highest BCUT2D eigenvalue weighted by Gasteiger charge is 2.26. The Kier molecular flexibility index (Phi) is 28.3. The minimum absolute atomic E-state index is 0.0768. The van der Waals surface area contributed by atoms with Crippen molar-refractivity contribution in [1.82, 2.24) is 40.5 Å². The molecule has 0 spiro atoms. The van der Waals surface area contributed by atoms with Crippen LogP contribution in [0.2, 0.25) is 0 Å². The number of aromatic nitrogens is 5. The molecular weight excluding hydrogens is 1730 g/mol. The summed E-state index contributed by atoms with van der Waals surface area (Å²) in [7, 11) is 3.25. The molecule has 5 aliphatic rings. The largest absolute Gasteiger partial charge is 0.489 e. The summed E-state index contributed by atoms with van der Waals surface area (Å²) in [6.07, 6.45) is 7.10. The molecule has 5 aromatic heterocycles. The van der Waals surface area contributed by atoms with Crippen LogP contribution in [0.15, 0.2) is 273 Å². The Balaban J connectivity index is 0.000000118. The zero-order valence-corrected chi connectivity index (χ0v) is 76.9. The number of amides is 2. The van der Waals surface area contributed by atoms with Crippen LogP contribution in [-0.2, 0) is 30.2 Å². The number of rotatable bonds is 20. The molecule has 0 atom stereocenters. The molecule has 23 heteroatoms. The standard InChI is InChI=1S/C31H31N3O3.2C28H25N3O3.C28H23N3O2/c32-20-25-18-23(7-8-31(25)37-26-9-13-35-14-10-26)27-5-2-6-29-28(27)19-30(33-29)24-4-1-3-22(17-24)21-34-11-15-36-16-12-34;1-30-28(32)20-5-2-4-19(15-20)26-16-24-23(6-3-7-25(24)31-26)18-8-9-27(21(14-18)17-29)34-22-10-12-33-13-11-22;1-30-28(32)19-7-5-18(6-8-19)26-16-24-23(3-2-4-25(24)31-26)20-9-10-27(21(15-20)17-29)34-22-11-13-33-14-12-22;29-17-20-14-18(8-9-28(20)33-21-10-12-32-13-11-21)22-5-3-7-25-23(22)16-27(31-25)26-15-19-4-1-2-6-24(19)30-26/h1-8,17-19,26,33H,9-16,21H2;2-9,14-16,22,31H,10-13H2,1H3,(H,30,32);2-10,15-16,22,31H,11-14H2,1H3,(H,30,32);1-9,14-16,21,30-31H,10-13H2. The first-order valence-electron chi connectivity index (χ1n) is 47.1. The van der Waals surface area contributed by atoms with Crippen molar-refractivity contribution in [2.75, 3.05) is 93.3 Å². The third kappa shape index (κ3) is 21.0. The minimum Gasteiger partial charge on any atom is -0.489 e. The van der Waals surface area contributed by atoms with Crippen molar-refractivity contribution in [2.24, 2.45) is 0 Å². The van der Waals surface area contributed by atoms with E-state index in [1.165, 1.54) is 16.5 Å². The zero-order valence-electron chi connectivity index (χ0n) is 76.9. The van der Waals surface area contributed by atoms with Crippen LogP contribution >= 0.6 is 0 Å². The lowest BCUT2D eigenvalue weighted by Gasteiger charge is -2.26. The number of nitrogens with one attached hydrogen (secondary N) is 7. The Labute approximate surface area is 799 Å². The van der Waals surface area contributed by atoms with Gasteiger partial charge in [0.25, 0.3) is 11.8 Å². The molecule has 5 aliphatic heterocycles. The number of nitrogens with zero attached hydrogens (tertiary/aromatic N) is 5. The van der Waals surface area contributed by atoms with Crippen LogP contribution in [0.3, 0.4) is 0 Å². The highest BCUT2D eigenvalue weighted by atomic mass is 16.5. The van der Waals surface area contributed by atoms with E-state index in [1.807, 2.05) is 152 Å². The van der Waals surface area contributed by atoms with E-state index in [4.69, 9.17) is 42.6 Å². The number of fused-ring (bicyclic) bond motifs is 5. The maximum Gasteiger partial charge on any atom is 0.251 e. The maximum atomic E-state index is 12.1. The molecule has 10 heterocycles. The third-order valence-electron chi connectivity index (χ3n) is 26.1. The van der Waals surface area contributed by atoms with Gasteiger partial charge in [-0.25, -0.2) is 0 Å². The first-order valence-corrected chi connectivity index (χ1v) is 47.1. The normalized spacial score (nSPS) is 14.9. The Bertz CT molecular complexity index is 7420. The summed E-state index contributed by atoms with van der Waals surface area (Å²) in [5.41, 5.74) is 26.3. The van der Waals surface area contributed by atoms with Crippen molar-refractivity contribution in [3.63, 3.8) is 0 Å². The predicted octanol–water partition coefficient (Wildman–Crippen LogP) is 22.8. The number of H-pyrrole nitrogens is 5. The molecule has 0 radical (unpaired) electrons. The highest BCUT2D eigenvalue weighted by molar-refractivity contribution is 6.04. The fourth-order valence-corrected chi connectivity index (χ4v) is 18.7. The second-order valence-corrected chi connectivity index (χ2v) is 35.0. The number of morpholine rings is 1. The molecule has 12 aromatic carbocycles. The predicted molar refractivity (Wildman–Crippen MR) is 538 cm³/mol. The molecule has 7 N–H and O–H groups in total. The molecule has 0 aliphatic carbocycles. The monoisotopic (exact) mass is 1830 g/mol. The summed E-state index contributed by atoms with van der Waals surface area (Å²) in [5.74, 6) is 2.31. The third-order valence-corrected chi connectivity index (χ3v) is 26.1. The Morgan fingerprint density at radius 3 is 1.02 bits per heavy atom. The van der Waals surface area contributed by atoms with Crippen LogP contribution in [0.5, 0.6) is 23.0 Å². The number of ether oxygens (including phenoxy) is 9. The summed E-state index contributed by atoms with van der Waals surface area (Å²) >= 11 is 0. The van der Waals surface area contributed by atoms with Gasteiger partial charge in [0, 0.05) is 168 Å². The van der Waals surface area contributed by atoms with E-state index in [0.717, 1.165) is 217 Å². The second-order valence-electron chi connectivity index (χ2n) is 35.0. The Hall–Kier alpha value is -15.8. The zero-order chi connectivity index (χ0) is 94.2. The molecule has 23 nitrogen and oxygen atoms in total. The van der Waals surface area contributed by atoms with Crippen LogP contribution in [0.1, 0.15) is 99.9 Å². The van der Waals surface area contributed by atoms with Gasteiger partial charge in [0.15, 0.2) is 0 Å². The van der Waals surface area contributed by atoms with Crippen LogP contribution in [0.4, 0.5) is 0 Å². The smallest absolute Gasteiger partial charge is 0.251 e. The number of hydrogen-bond donors (Lipinski definition) is 7. The average molecular weight is 1830 g/mol. The maximum absolute atomic E-state index is 12.1. The van der Waals surface area contributed by atoms with E-state index in [1.54, 1.807) is 20.2 Å².